The average molecular weight is 213 g/mol. The second-order valence-corrected chi connectivity index (χ2v) is 3.98. The van der Waals surface area contributed by atoms with Gasteiger partial charge in [-0.05, 0) is 25.7 Å². The zero-order valence-corrected chi connectivity index (χ0v) is 9.51. The maximum atomic E-state index is 6.02. The van der Waals surface area contributed by atoms with Gasteiger partial charge in [0.2, 0.25) is 0 Å². The van der Waals surface area contributed by atoms with Crippen LogP contribution in [0.4, 0.5) is 0 Å². The number of hydrogen-bond donors (Lipinski definition) is 1. The van der Waals surface area contributed by atoms with Crippen LogP contribution in [0.2, 0.25) is 5.02 Å². The van der Waals surface area contributed by atoms with E-state index in [4.69, 9.17) is 11.6 Å². The first-order valence-corrected chi connectivity index (χ1v) is 5.17. The summed E-state index contributed by atoms with van der Waals surface area (Å²) in [5, 5.41) is 4.19. The van der Waals surface area contributed by atoms with Gasteiger partial charge in [0.15, 0.2) is 0 Å². The van der Waals surface area contributed by atoms with Gasteiger partial charge in [0.1, 0.15) is 0 Å². The summed E-state index contributed by atoms with van der Waals surface area (Å²) in [5.74, 6) is 0. The summed E-state index contributed by atoms with van der Waals surface area (Å²) in [6, 6.07) is 7.93. The van der Waals surface area contributed by atoms with Crippen LogP contribution in [0.3, 0.4) is 0 Å². The molecule has 1 rings (SSSR count). The van der Waals surface area contributed by atoms with Crippen LogP contribution < -0.4 is 5.32 Å². The Morgan fingerprint density at radius 1 is 1.29 bits per heavy atom. The van der Waals surface area contributed by atoms with Gasteiger partial charge in [0, 0.05) is 24.7 Å². The van der Waals surface area contributed by atoms with Gasteiger partial charge < -0.3 is 10.2 Å². The molecule has 0 aliphatic rings. The van der Waals surface area contributed by atoms with E-state index in [-0.39, 0.29) is 0 Å². The van der Waals surface area contributed by atoms with Crippen LogP contribution in [-0.4, -0.2) is 32.1 Å². The van der Waals surface area contributed by atoms with Crippen molar-refractivity contribution in [3.63, 3.8) is 0 Å². The fourth-order valence-electron chi connectivity index (χ4n) is 1.17. The SMILES string of the molecule is CN(C)CCNCc1ccccc1Cl. The number of rotatable bonds is 5. The lowest BCUT2D eigenvalue weighted by Gasteiger charge is -2.10. The molecular weight excluding hydrogens is 196 g/mol. The molecule has 0 amide bonds. The summed E-state index contributed by atoms with van der Waals surface area (Å²) in [5.41, 5.74) is 1.16. The van der Waals surface area contributed by atoms with Crippen LogP contribution in [0.15, 0.2) is 24.3 Å². The molecule has 0 atom stereocenters. The fourth-order valence-corrected chi connectivity index (χ4v) is 1.37. The average Bonchev–Trinajstić information content (AvgIpc) is 2.15. The minimum atomic E-state index is 0.838. The first kappa shape index (κ1) is 11.5. The number of hydrogen-bond acceptors (Lipinski definition) is 2. The van der Waals surface area contributed by atoms with Gasteiger partial charge in [-0.2, -0.15) is 0 Å². The minimum absolute atomic E-state index is 0.838. The van der Waals surface area contributed by atoms with Crippen molar-refractivity contribution in [2.75, 3.05) is 27.2 Å². The third-order valence-corrected chi connectivity index (χ3v) is 2.38. The van der Waals surface area contributed by atoms with Gasteiger partial charge in [-0.25, -0.2) is 0 Å². The smallest absolute Gasteiger partial charge is 0.0450 e. The lowest BCUT2D eigenvalue weighted by atomic mass is 10.2. The Labute approximate surface area is 90.9 Å². The molecule has 78 valence electrons. The van der Waals surface area contributed by atoms with Crippen LogP contribution in [0, 0.1) is 0 Å². The monoisotopic (exact) mass is 212 g/mol. The molecule has 0 aliphatic heterocycles. The second kappa shape index (κ2) is 6.02. The first-order valence-electron chi connectivity index (χ1n) is 4.79. The Morgan fingerprint density at radius 3 is 2.64 bits per heavy atom. The summed E-state index contributed by atoms with van der Waals surface area (Å²) in [7, 11) is 4.13. The van der Waals surface area contributed by atoms with E-state index in [1.165, 1.54) is 0 Å². The maximum absolute atomic E-state index is 6.02. The van der Waals surface area contributed by atoms with Crippen LogP contribution in [-0.2, 0) is 6.54 Å². The second-order valence-electron chi connectivity index (χ2n) is 3.57. The van der Waals surface area contributed by atoms with Gasteiger partial charge in [0.05, 0.1) is 0 Å². The van der Waals surface area contributed by atoms with Crippen molar-refractivity contribution in [1.82, 2.24) is 10.2 Å². The molecule has 1 N–H and O–H groups in total. The van der Waals surface area contributed by atoms with Crippen molar-refractivity contribution < 1.29 is 0 Å². The van der Waals surface area contributed by atoms with Crippen molar-refractivity contribution in [2.24, 2.45) is 0 Å². The molecule has 0 aliphatic carbocycles. The number of nitrogens with one attached hydrogen (secondary N) is 1. The quantitative estimate of drug-likeness (QED) is 0.752. The van der Waals surface area contributed by atoms with Crippen molar-refractivity contribution in [3.8, 4) is 0 Å². The molecule has 2 nitrogen and oxygen atoms in total. The normalized spacial score (nSPS) is 10.9. The number of nitrogens with zero attached hydrogens (tertiary/aromatic N) is 1. The van der Waals surface area contributed by atoms with Gasteiger partial charge in [-0.1, -0.05) is 29.8 Å². The van der Waals surface area contributed by atoms with E-state index in [1.807, 2.05) is 24.3 Å². The van der Waals surface area contributed by atoms with E-state index >= 15 is 0 Å². The van der Waals surface area contributed by atoms with E-state index in [0.717, 1.165) is 30.2 Å². The van der Waals surface area contributed by atoms with Crippen LogP contribution >= 0.6 is 11.6 Å². The zero-order valence-electron chi connectivity index (χ0n) is 8.76. The maximum Gasteiger partial charge on any atom is 0.0450 e. The topological polar surface area (TPSA) is 15.3 Å². The Kier molecular flexibility index (Phi) is 4.94. The number of likely N-dealkylation sites (N-methyl/N-ethyl adjacent to an activating group) is 1. The Bertz CT molecular complexity index is 274. The van der Waals surface area contributed by atoms with Gasteiger partial charge >= 0.3 is 0 Å². The summed E-state index contributed by atoms with van der Waals surface area (Å²) >= 11 is 6.02. The molecule has 0 heterocycles. The van der Waals surface area contributed by atoms with Crippen LogP contribution in [0.25, 0.3) is 0 Å². The molecule has 0 spiro atoms. The summed E-state index contributed by atoms with van der Waals surface area (Å²) in [6.07, 6.45) is 0. The minimum Gasteiger partial charge on any atom is -0.311 e. The highest BCUT2D eigenvalue weighted by Crippen LogP contribution is 2.13. The van der Waals surface area contributed by atoms with Gasteiger partial charge in [-0.15, -0.1) is 0 Å². The third-order valence-electron chi connectivity index (χ3n) is 2.01. The van der Waals surface area contributed by atoms with Gasteiger partial charge in [0.25, 0.3) is 0 Å². The fraction of sp³-hybridized carbons (Fsp3) is 0.455. The highest BCUT2D eigenvalue weighted by atomic mass is 35.5. The third kappa shape index (κ3) is 4.09. The molecule has 14 heavy (non-hydrogen) atoms. The van der Waals surface area contributed by atoms with E-state index in [0.29, 0.717) is 0 Å². The van der Waals surface area contributed by atoms with Crippen molar-refractivity contribution in [3.05, 3.63) is 34.9 Å². The van der Waals surface area contributed by atoms with Crippen molar-refractivity contribution in [2.45, 2.75) is 6.54 Å². The zero-order chi connectivity index (χ0) is 10.4. The predicted molar refractivity (Wildman–Crippen MR) is 61.7 cm³/mol. The standard InChI is InChI=1S/C11H17ClN2/c1-14(2)8-7-13-9-10-5-3-4-6-11(10)12/h3-6,13H,7-9H2,1-2H3. The number of benzene rings is 1. The highest BCUT2D eigenvalue weighted by molar-refractivity contribution is 6.31. The summed E-state index contributed by atoms with van der Waals surface area (Å²) < 4.78 is 0. The molecular formula is C11H17ClN2. The molecule has 3 heteroatoms. The van der Waals surface area contributed by atoms with E-state index < -0.39 is 0 Å². The predicted octanol–water partition coefficient (Wildman–Crippen LogP) is 1.99. The molecule has 0 saturated carbocycles. The van der Waals surface area contributed by atoms with Crippen molar-refractivity contribution in [1.29, 1.82) is 0 Å². The largest absolute Gasteiger partial charge is 0.311 e. The van der Waals surface area contributed by atoms with Crippen LogP contribution in [0.1, 0.15) is 5.56 Å². The molecule has 0 aromatic heterocycles. The Morgan fingerprint density at radius 2 is 2.00 bits per heavy atom. The highest BCUT2D eigenvalue weighted by Gasteiger charge is 1.97. The van der Waals surface area contributed by atoms with Crippen LogP contribution in [0.5, 0.6) is 0 Å². The van der Waals surface area contributed by atoms with E-state index in [1.54, 1.807) is 0 Å². The summed E-state index contributed by atoms with van der Waals surface area (Å²) in [4.78, 5) is 2.15. The lowest BCUT2D eigenvalue weighted by molar-refractivity contribution is 0.400. The number of halogens is 1. The first-order chi connectivity index (χ1) is 6.70. The van der Waals surface area contributed by atoms with E-state index in [2.05, 4.69) is 24.3 Å². The molecule has 0 unspecified atom stereocenters. The molecule has 1 aromatic carbocycles. The molecule has 1 aromatic rings. The summed E-state index contributed by atoms with van der Waals surface area (Å²) in [6.45, 7) is 2.87. The van der Waals surface area contributed by atoms with E-state index in [9.17, 15) is 0 Å². The molecule has 0 radical (unpaired) electrons. The Hall–Kier alpha value is -0.570. The Balaban J connectivity index is 2.28. The lowest BCUT2D eigenvalue weighted by Crippen LogP contribution is -2.26. The molecule has 0 saturated heterocycles. The molecule has 0 fully saturated rings. The van der Waals surface area contributed by atoms with Gasteiger partial charge in [-0.3, -0.25) is 0 Å². The van der Waals surface area contributed by atoms with Crippen molar-refractivity contribution >= 4 is 11.6 Å². The molecule has 0 bridgehead atoms.